The zero-order valence-corrected chi connectivity index (χ0v) is 11.2. The standard InChI is InChI=1S/C12H16N4S/c1-8-7-16(4-5-17-8)12-11(6-13)9(2)10(3)14-15-12/h8H,4-5,7H2,1-3H3. The average molecular weight is 248 g/mol. The van der Waals surface area contributed by atoms with E-state index >= 15 is 0 Å². The molecule has 0 N–H and O–H groups in total. The average Bonchev–Trinajstić information content (AvgIpc) is 2.32. The zero-order valence-electron chi connectivity index (χ0n) is 10.4. The molecule has 0 saturated carbocycles. The van der Waals surface area contributed by atoms with Gasteiger partial charge in [-0.15, -0.1) is 5.10 Å². The van der Waals surface area contributed by atoms with Gasteiger partial charge in [-0.25, -0.2) is 0 Å². The first kappa shape index (κ1) is 12.2. The zero-order chi connectivity index (χ0) is 12.4. The van der Waals surface area contributed by atoms with Crippen LogP contribution in [0.1, 0.15) is 23.7 Å². The maximum atomic E-state index is 9.27. The van der Waals surface area contributed by atoms with Crippen molar-refractivity contribution in [2.75, 3.05) is 23.7 Å². The van der Waals surface area contributed by atoms with Crippen molar-refractivity contribution in [2.45, 2.75) is 26.0 Å². The largest absolute Gasteiger partial charge is 0.352 e. The Morgan fingerprint density at radius 1 is 1.41 bits per heavy atom. The Kier molecular flexibility index (Phi) is 3.53. The van der Waals surface area contributed by atoms with Gasteiger partial charge in [0.25, 0.3) is 0 Å². The van der Waals surface area contributed by atoms with Crippen LogP contribution in [0.5, 0.6) is 0 Å². The summed E-state index contributed by atoms with van der Waals surface area (Å²) in [6.45, 7) is 7.92. The lowest BCUT2D eigenvalue weighted by atomic mass is 10.1. The lowest BCUT2D eigenvalue weighted by Gasteiger charge is -2.31. The summed E-state index contributed by atoms with van der Waals surface area (Å²) in [6, 6.07) is 2.27. The molecule has 0 amide bonds. The number of rotatable bonds is 1. The van der Waals surface area contributed by atoms with Crippen LogP contribution >= 0.6 is 11.8 Å². The summed E-state index contributed by atoms with van der Waals surface area (Å²) in [7, 11) is 0. The number of anilines is 1. The maximum Gasteiger partial charge on any atom is 0.169 e. The third kappa shape index (κ3) is 2.37. The molecule has 0 spiro atoms. The molecule has 0 bridgehead atoms. The summed E-state index contributed by atoms with van der Waals surface area (Å²) in [4.78, 5) is 2.18. The molecule has 90 valence electrons. The highest BCUT2D eigenvalue weighted by Gasteiger charge is 2.22. The predicted molar refractivity (Wildman–Crippen MR) is 70.4 cm³/mol. The van der Waals surface area contributed by atoms with Gasteiger partial charge in [-0.05, 0) is 19.4 Å². The molecule has 1 aliphatic heterocycles. The smallest absolute Gasteiger partial charge is 0.169 e. The molecular weight excluding hydrogens is 232 g/mol. The lowest BCUT2D eigenvalue weighted by molar-refractivity contribution is 0.753. The molecule has 1 fully saturated rings. The summed E-state index contributed by atoms with van der Waals surface area (Å²) >= 11 is 1.96. The highest BCUT2D eigenvalue weighted by molar-refractivity contribution is 8.00. The van der Waals surface area contributed by atoms with Gasteiger partial charge in [-0.1, -0.05) is 6.92 Å². The maximum absolute atomic E-state index is 9.27. The molecule has 0 radical (unpaired) electrons. The van der Waals surface area contributed by atoms with Gasteiger partial charge in [0.2, 0.25) is 0 Å². The van der Waals surface area contributed by atoms with E-state index in [0.717, 1.165) is 35.9 Å². The molecule has 1 aromatic heterocycles. The van der Waals surface area contributed by atoms with Crippen LogP contribution in [0.4, 0.5) is 5.82 Å². The van der Waals surface area contributed by atoms with E-state index in [9.17, 15) is 5.26 Å². The van der Waals surface area contributed by atoms with Crippen LogP contribution in [0.3, 0.4) is 0 Å². The number of hydrogen-bond acceptors (Lipinski definition) is 5. The summed E-state index contributed by atoms with van der Waals surface area (Å²) in [5, 5.41) is 18.2. The summed E-state index contributed by atoms with van der Waals surface area (Å²) in [5.41, 5.74) is 2.46. The van der Waals surface area contributed by atoms with Crippen molar-refractivity contribution in [3.63, 3.8) is 0 Å². The minimum atomic E-state index is 0.582. The Bertz CT molecular complexity index is 466. The molecule has 1 aromatic rings. The highest BCUT2D eigenvalue weighted by atomic mass is 32.2. The second-order valence-electron chi connectivity index (χ2n) is 4.35. The fraction of sp³-hybridized carbons (Fsp3) is 0.583. The minimum absolute atomic E-state index is 0.582. The van der Waals surface area contributed by atoms with E-state index in [-0.39, 0.29) is 0 Å². The number of nitriles is 1. The first-order chi connectivity index (χ1) is 8.13. The molecular formula is C12H16N4S. The Hall–Kier alpha value is -1.28. The summed E-state index contributed by atoms with van der Waals surface area (Å²) in [6.07, 6.45) is 0. The normalized spacial score (nSPS) is 20.1. The van der Waals surface area contributed by atoms with Crippen molar-refractivity contribution < 1.29 is 0 Å². The van der Waals surface area contributed by atoms with Crippen molar-refractivity contribution in [1.82, 2.24) is 10.2 Å². The predicted octanol–water partition coefficient (Wildman–Crippen LogP) is 1.91. The van der Waals surface area contributed by atoms with E-state index in [1.54, 1.807) is 0 Å². The van der Waals surface area contributed by atoms with Crippen molar-refractivity contribution in [2.24, 2.45) is 0 Å². The highest BCUT2D eigenvalue weighted by Crippen LogP contribution is 2.26. The van der Waals surface area contributed by atoms with Gasteiger partial charge < -0.3 is 4.90 Å². The van der Waals surface area contributed by atoms with Crippen molar-refractivity contribution in [3.05, 3.63) is 16.8 Å². The molecule has 4 nitrogen and oxygen atoms in total. The van der Waals surface area contributed by atoms with Crippen LogP contribution in [0.25, 0.3) is 0 Å². The second kappa shape index (κ2) is 4.92. The Morgan fingerprint density at radius 3 is 2.82 bits per heavy atom. The molecule has 17 heavy (non-hydrogen) atoms. The van der Waals surface area contributed by atoms with Gasteiger partial charge in [-0.2, -0.15) is 22.1 Å². The van der Waals surface area contributed by atoms with E-state index in [0.29, 0.717) is 10.8 Å². The molecule has 1 saturated heterocycles. The minimum Gasteiger partial charge on any atom is -0.352 e. The van der Waals surface area contributed by atoms with Crippen LogP contribution < -0.4 is 4.90 Å². The Morgan fingerprint density at radius 2 is 2.18 bits per heavy atom. The molecule has 0 aromatic carbocycles. The number of aryl methyl sites for hydroxylation is 1. The van der Waals surface area contributed by atoms with Crippen LogP contribution in [0.15, 0.2) is 0 Å². The first-order valence-corrected chi connectivity index (χ1v) is 6.79. The molecule has 5 heteroatoms. The summed E-state index contributed by atoms with van der Waals surface area (Å²) in [5.74, 6) is 1.84. The SMILES string of the molecule is Cc1nnc(N2CCSC(C)C2)c(C#N)c1C. The van der Waals surface area contributed by atoms with Crippen molar-refractivity contribution in [1.29, 1.82) is 5.26 Å². The van der Waals surface area contributed by atoms with Gasteiger partial charge in [-0.3, -0.25) is 0 Å². The third-order valence-corrected chi connectivity index (χ3v) is 4.22. The van der Waals surface area contributed by atoms with E-state index in [4.69, 9.17) is 0 Å². The molecule has 1 aliphatic rings. The van der Waals surface area contributed by atoms with Crippen LogP contribution in [0.2, 0.25) is 0 Å². The lowest BCUT2D eigenvalue weighted by Crippen LogP contribution is -2.38. The number of hydrogen-bond donors (Lipinski definition) is 0. The second-order valence-corrected chi connectivity index (χ2v) is 5.89. The van der Waals surface area contributed by atoms with Gasteiger partial charge in [0.05, 0.1) is 5.69 Å². The van der Waals surface area contributed by atoms with Gasteiger partial charge >= 0.3 is 0 Å². The topological polar surface area (TPSA) is 52.8 Å². The molecule has 2 heterocycles. The van der Waals surface area contributed by atoms with E-state index in [2.05, 4.69) is 28.1 Å². The van der Waals surface area contributed by atoms with E-state index in [1.807, 2.05) is 25.6 Å². The van der Waals surface area contributed by atoms with Crippen LogP contribution in [0, 0.1) is 25.2 Å². The monoisotopic (exact) mass is 248 g/mol. The molecule has 2 rings (SSSR count). The first-order valence-electron chi connectivity index (χ1n) is 5.74. The molecule has 1 unspecified atom stereocenters. The van der Waals surface area contributed by atoms with Gasteiger partial charge in [0, 0.05) is 24.1 Å². The van der Waals surface area contributed by atoms with Crippen LogP contribution in [-0.4, -0.2) is 34.3 Å². The molecule has 0 aliphatic carbocycles. The van der Waals surface area contributed by atoms with Gasteiger partial charge in [0.15, 0.2) is 5.82 Å². The van der Waals surface area contributed by atoms with Gasteiger partial charge in [0.1, 0.15) is 11.6 Å². The fourth-order valence-corrected chi connectivity index (χ4v) is 2.98. The summed E-state index contributed by atoms with van der Waals surface area (Å²) < 4.78 is 0. The third-order valence-electron chi connectivity index (χ3n) is 3.09. The number of thioether (sulfide) groups is 1. The fourth-order valence-electron chi connectivity index (χ4n) is 1.96. The Balaban J connectivity index is 2.38. The van der Waals surface area contributed by atoms with Crippen LogP contribution in [-0.2, 0) is 0 Å². The van der Waals surface area contributed by atoms with Crippen molar-refractivity contribution in [3.8, 4) is 6.07 Å². The van der Waals surface area contributed by atoms with E-state index in [1.165, 1.54) is 0 Å². The quantitative estimate of drug-likeness (QED) is 0.760. The van der Waals surface area contributed by atoms with Crippen molar-refractivity contribution >= 4 is 17.6 Å². The molecule has 1 atom stereocenters. The number of aromatic nitrogens is 2. The van der Waals surface area contributed by atoms with E-state index < -0.39 is 0 Å². The Labute approximate surface area is 106 Å². The number of nitrogens with zero attached hydrogens (tertiary/aromatic N) is 4.